The quantitative estimate of drug-likeness (QED) is 0.594. The average molecular weight is 410 g/mol. The summed E-state index contributed by atoms with van der Waals surface area (Å²) in [4.78, 5) is 47.0. The van der Waals surface area contributed by atoms with Gasteiger partial charge < -0.3 is 19.4 Å². The standard InChI is InChI=1S/C18H13F3N2O6/c19-18(20,21)11-2-4-16(26)23(6-11)7-17(27)29-8-13(24)10-1-3-14-12(5-10)22-15(25)9-28-14/h1-6H,7-9H2,(H,22,25). The zero-order valence-electron chi connectivity index (χ0n) is 14.6. The molecule has 0 atom stereocenters. The number of nitrogens with one attached hydrogen (secondary N) is 1. The van der Waals surface area contributed by atoms with E-state index in [9.17, 15) is 32.3 Å². The van der Waals surface area contributed by atoms with Crippen molar-refractivity contribution in [2.45, 2.75) is 12.7 Å². The van der Waals surface area contributed by atoms with Crippen LogP contribution in [-0.2, 0) is 27.0 Å². The van der Waals surface area contributed by atoms with Crippen LogP contribution in [0.15, 0.2) is 41.3 Å². The highest BCUT2D eigenvalue weighted by Gasteiger charge is 2.31. The summed E-state index contributed by atoms with van der Waals surface area (Å²) in [6.07, 6.45) is -4.18. The normalized spacial score (nSPS) is 13.1. The Labute approximate surface area is 160 Å². The second-order valence-corrected chi connectivity index (χ2v) is 6.01. The Balaban J connectivity index is 1.63. The summed E-state index contributed by atoms with van der Waals surface area (Å²) in [7, 11) is 0. The fraction of sp³-hybridized carbons (Fsp3) is 0.222. The van der Waals surface area contributed by atoms with Crippen LogP contribution in [0.2, 0.25) is 0 Å². The molecule has 0 saturated heterocycles. The number of pyridine rings is 1. The number of carbonyl (C=O) groups is 3. The molecule has 1 aliphatic rings. The van der Waals surface area contributed by atoms with Gasteiger partial charge in [-0.3, -0.25) is 19.2 Å². The maximum atomic E-state index is 12.7. The Morgan fingerprint density at radius 1 is 1.17 bits per heavy atom. The average Bonchev–Trinajstić information content (AvgIpc) is 2.66. The SMILES string of the molecule is O=C1COc2ccc(C(=O)COC(=O)Cn3cc(C(F)(F)F)ccc3=O)cc2N1. The second kappa shape index (κ2) is 7.78. The highest BCUT2D eigenvalue weighted by molar-refractivity contribution is 6.01. The van der Waals surface area contributed by atoms with Gasteiger partial charge in [-0.15, -0.1) is 0 Å². The van der Waals surface area contributed by atoms with Gasteiger partial charge in [0.1, 0.15) is 12.3 Å². The smallest absolute Gasteiger partial charge is 0.417 e. The number of anilines is 1. The van der Waals surface area contributed by atoms with Crippen molar-refractivity contribution in [2.24, 2.45) is 0 Å². The van der Waals surface area contributed by atoms with E-state index in [1.54, 1.807) is 0 Å². The Morgan fingerprint density at radius 2 is 1.93 bits per heavy atom. The van der Waals surface area contributed by atoms with E-state index in [1.165, 1.54) is 18.2 Å². The van der Waals surface area contributed by atoms with Crippen molar-refractivity contribution < 1.29 is 37.0 Å². The number of alkyl halides is 3. The van der Waals surface area contributed by atoms with Gasteiger partial charge >= 0.3 is 12.1 Å². The minimum atomic E-state index is -4.68. The molecular weight excluding hydrogens is 397 g/mol. The first-order chi connectivity index (χ1) is 13.6. The van der Waals surface area contributed by atoms with Crippen LogP contribution >= 0.6 is 0 Å². The molecule has 1 aromatic carbocycles. The van der Waals surface area contributed by atoms with Gasteiger partial charge in [-0.2, -0.15) is 13.2 Å². The van der Waals surface area contributed by atoms with Gasteiger partial charge in [0.15, 0.2) is 19.0 Å². The second-order valence-electron chi connectivity index (χ2n) is 6.01. The van der Waals surface area contributed by atoms with Gasteiger partial charge in [0.25, 0.3) is 11.5 Å². The molecule has 0 spiro atoms. The molecule has 0 unspecified atom stereocenters. The zero-order valence-corrected chi connectivity index (χ0v) is 14.6. The fourth-order valence-electron chi connectivity index (χ4n) is 2.49. The van der Waals surface area contributed by atoms with Gasteiger partial charge in [0, 0.05) is 17.8 Å². The highest BCUT2D eigenvalue weighted by atomic mass is 19.4. The van der Waals surface area contributed by atoms with Crippen molar-refractivity contribution >= 4 is 23.3 Å². The third kappa shape index (κ3) is 4.81. The van der Waals surface area contributed by atoms with Crippen LogP contribution in [0.1, 0.15) is 15.9 Å². The van der Waals surface area contributed by atoms with Crippen molar-refractivity contribution in [3.8, 4) is 5.75 Å². The first kappa shape index (κ1) is 20.1. The lowest BCUT2D eigenvalue weighted by molar-refractivity contribution is -0.144. The first-order valence-electron chi connectivity index (χ1n) is 8.17. The minimum absolute atomic E-state index is 0.124. The Morgan fingerprint density at radius 3 is 2.66 bits per heavy atom. The van der Waals surface area contributed by atoms with Crippen LogP contribution < -0.4 is 15.6 Å². The number of ether oxygens (including phenoxy) is 2. The summed E-state index contributed by atoms with van der Waals surface area (Å²) in [6.45, 7) is -1.63. The molecule has 152 valence electrons. The topological polar surface area (TPSA) is 104 Å². The maximum absolute atomic E-state index is 12.7. The molecule has 0 aliphatic carbocycles. The van der Waals surface area contributed by atoms with Crippen LogP contribution in [0, 0.1) is 0 Å². The third-order valence-electron chi connectivity index (χ3n) is 3.91. The molecule has 0 radical (unpaired) electrons. The van der Waals surface area contributed by atoms with E-state index in [1.807, 2.05) is 0 Å². The predicted octanol–water partition coefficient (Wildman–Crippen LogP) is 1.62. The number of aromatic nitrogens is 1. The molecule has 2 aromatic rings. The zero-order chi connectivity index (χ0) is 21.2. The predicted molar refractivity (Wildman–Crippen MR) is 91.6 cm³/mol. The summed E-state index contributed by atoms with van der Waals surface area (Å²) >= 11 is 0. The molecule has 0 bridgehead atoms. The summed E-state index contributed by atoms with van der Waals surface area (Å²) in [6, 6.07) is 5.51. The Kier molecular flexibility index (Phi) is 5.39. The van der Waals surface area contributed by atoms with Gasteiger partial charge in [-0.1, -0.05) is 0 Å². The number of hydrogen-bond acceptors (Lipinski definition) is 6. The highest BCUT2D eigenvalue weighted by Crippen LogP contribution is 2.29. The number of fused-ring (bicyclic) bond motifs is 1. The largest absolute Gasteiger partial charge is 0.482 e. The molecule has 11 heteroatoms. The molecule has 0 fully saturated rings. The van der Waals surface area contributed by atoms with Gasteiger partial charge in [-0.25, -0.2) is 0 Å². The van der Waals surface area contributed by atoms with E-state index in [2.05, 4.69) is 5.32 Å². The number of benzene rings is 1. The summed E-state index contributed by atoms with van der Waals surface area (Å²) < 4.78 is 48.6. The molecule has 1 aliphatic heterocycles. The summed E-state index contributed by atoms with van der Waals surface area (Å²) in [5.74, 6) is -1.69. The molecule has 0 saturated carbocycles. The lowest BCUT2D eigenvalue weighted by Gasteiger charge is -2.18. The van der Waals surface area contributed by atoms with Crippen LogP contribution in [0.25, 0.3) is 0 Å². The lowest BCUT2D eigenvalue weighted by atomic mass is 10.1. The van der Waals surface area contributed by atoms with Crippen LogP contribution in [0.4, 0.5) is 18.9 Å². The number of carbonyl (C=O) groups excluding carboxylic acids is 3. The van der Waals surface area contributed by atoms with E-state index in [0.29, 0.717) is 28.6 Å². The number of halogens is 3. The van der Waals surface area contributed by atoms with Gasteiger partial charge in [-0.05, 0) is 24.3 Å². The van der Waals surface area contributed by atoms with Crippen molar-refractivity contribution in [2.75, 3.05) is 18.5 Å². The Bertz CT molecular complexity index is 1040. The number of nitrogens with zero attached hydrogens (tertiary/aromatic N) is 1. The van der Waals surface area contributed by atoms with Crippen LogP contribution in [-0.4, -0.2) is 35.4 Å². The molecular formula is C18H13F3N2O6. The maximum Gasteiger partial charge on any atom is 0.417 e. The molecule has 1 amide bonds. The van der Waals surface area contributed by atoms with Gasteiger partial charge in [0.2, 0.25) is 0 Å². The molecule has 8 nitrogen and oxygen atoms in total. The monoisotopic (exact) mass is 410 g/mol. The van der Waals surface area contributed by atoms with Crippen molar-refractivity contribution in [3.63, 3.8) is 0 Å². The number of hydrogen-bond donors (Lipinski definition) is 1. The number of rotatable bonds is 5. The number of amides is 1. The van der Waals surface area contributed by atoms with Crippen LogP contribution in [0.3, 0.4) is 0 Å². The summed E-state index contributed by atoms with van der Waals surface area (Å²) in [5, 5.41) is 2.52. The minimum Gasteiger partial charge on any atom is -0.482 e. The van der Waals surface area contributed by atoms with E-state index >= 15 is 0 Å². The third-order valence-corrected chi connectivity index (χ3v) is 3.91. The number of esters is 1. The Hall–Kier alpha value is -3.63. The van der Waals surface area contributed by atoms with E-state index in [4.69, 9.17) is 9.47 Å². The van der Waals surface area contributed by atoms with E-state index in [0.717, 1.165) is 0 Å². The molecule has 29 heavy (non-hydrogen) atoms. The molecule has 2 heterocycles. The van der Waals surface area contributed by atoms with Crippen molar-refractivity contribution in [3.05, 3.63) is 58.0 Å². The number of Topliss-reactive ketones (excluding diaryl/α,β-unsaturated/α-hetero) is 1. The first-order valence-corrected chi connectivity index (χ1v) is 8.17. The van der Waals surface area contributed by atoms with Crippen molar-refractivity contribution in [1.29, 1.82) is 0 Å². The summed E-state index contributed by atoms with van der Waals surface area (Å²) in [5.41, 5.74) is -1.52. The lowest BCUT2D eigenvalue weighted by Crippen LogP contribution is -2.27. The number of ketones is 1. The van der Waals surface area contributed by atoms with E-state index < -0.39 is 42.2 Å². The van der Waals surface area contributed by atoms with Gasteiger partial charge in [0.05, 0.1) is 11.3 Å². The molecule has 3 rings (SSSR count). The molecule has 1 N–H and O–H groups in total. The van der Waals surface area contributed by atoms with Crippen LogP contribution in [0.5, 0.6) is 5.75 Å². The molecule has 1 aromatic heterocycles. The fourth-order valence-corrected chi connectivity index (χ4v) is 2.49. The van der Waals surface area contributed by atoms with E-state index in [-0.39, 0.29) is 23.8 Å². The van der Waals surface area contributed by atoms with Crippen molar-refractivity contribution in [1.82, 2.24) is 4.57 Å².